The molecule has 0 amide bonds. The van der Waals surface area contributed by atoms with Gasteiger partial charge in [-0.05, 0) is 151 Å². The Hall–Kier alpha value is -13.1. The van der Waals surface area contributed by atoms with Crippen LogP contribution in [0.2, 0.25) is 0 Å². The molecule has 434 valence electrons. The Balaban J connectivity index is 0.917. The van der Waals surface area contributed by atoms with Gasteiger partial charge in [0.15, 0.2) is 0 Å². The fourth-order valence-corrected chi connectivity index (χ4v) is 15.9. The van der Waals surface area contributed by atoms with Crippen LogP contribution in [-0.2, 0) is 0 Å². The van der Waals surface area contributed by atoms with Crippen molar-refractivity contribution in [3.8, 4) is 57.4 Å². The zero-order valence-electron chi connectivity index (χ0n) is 50.4. The molecule has 0 atom stereocenters. The maximum atomic E-state index is 11.7. The Kier molecular flexibility index (Phi) is 10.8. The molecule has 20 aromatic rings. The average Bonchev–Trinajstić information content (AvgIpc) is 1.56. The van der Waals surface area contributed by atoms with Crippen LogP contribution in [0.4, 0.5) is 0 Å². The quantitative estimate of drug-likeness (QED) is 0.159. The topological polar surface area (TPSA) is 77.2 Å². The van der Waals surface area contributed by atoms with Gasteiger partial charge in [-0.2, -0.15) is 10.5 Å². The van der Waals surface area contributed by atoms with Crippen LogP contribution in [0.1, 0.15) is 11.1 Å². The van der Waals surface area contributed by atoms with Gasteiger partial charge < -0.3 is 27.4 Å². The first-order chi connectivity index (χ1) is 46.6. The molecular weight excluding hydrogens is 1150 g/mol. The molecule has 14 aromatic carbocycles. The van der Waals surface area contributed by atoms with Gasteiger partial charge in [0, 0.05) is 92.9 Å². The summed E-state index contributed by atoms with van der Waals surface area (Å²) < 4.78 is 14.4. The van der Waals surface area contributed by atoms with E-state index in [0.29, 0.717) is 11.1 Å². The number of rotatable bonds is 7. The number of benzene rings is 14. The van der Waals surface area contributed by atoms with Crippen molar-refractivity contribution in [3.05, 3.63) is 314 Å². The largest absolute Gasteiger partial charge is 0.309 e. The predicted molar refractivity (Wildman–Crippen MR) is 387 cm³/mol. The second-order valence-electron chi connectivity index (χ2n) is 24.6. The van der Waals surface area contributed by atoms with Gasteiger partial charge in [0.1, 0.15) is 0 Å². The number of hydrogen-bond acceptors (Lipinski definition) is 2. The molecule has 8 nitrogen and oxygen atoms in total. The van der Waals surface area contributed by atoms with Gasteiger partial charge in [-0.15, -0.1) is 0 Å². The molecule has 0 unspecified atom stereocenters. The van der Waals surface area contributed by atoms with Gasteiger partial charge in [0.25, 0.3) is 0 Å². The summed E-state index contributed by atoms with van der Waals surface area (Å²) in [6.07, 6.45) is 0. The molecule has 0 N–H and O–H groups in total. The second-order valence-corrected chi connectivity index (χ2v) is 24.6. The first-order valence-electron chi connectivity index (χ1n) is 31.8. The molecular formula is C86H50N8. The molecule has 0 spiro atoms. The molecule has 0 bridgehead atoms. The van der Waals surface area contributed by atoms with Crippen molar-refractivity contribution >= 4 is 131 Å². The maximum absolute atomic E-state index is 11.7. The summed E-state index contributed by atoms with van der Waals surface area (Å²) in [7, 11) is 0. The van der Waals surface area contributed by atoms with Gasteiger partial charge in [-0.25, -0.2) is 0 Å². The van der Waals surface area contributed by atoms with Crippen molar-refractivity contribution in [2.45, 2.75) is 0 Å². The standard InChI is InChI=1S/C86H50N8/c87-51-53-18-17-19-54(44-53)68-50-86(94-83-42-38-58(91-77-32-13-5-24-64(77)65-25-6-14-33-78(65)91)48-71(83)72-49-59(39-43-84(72)94)92-79-34-15-7-26-66(79)67-27-8-16-35-80(67)92)85(45-55(68)52-88)93-81-40-36-56(89-73-28-9-1-20-60(73)61-21-2-10-29-74(61)89)46-69(81)70-47-57(37-41-82(70)93)90-75-30-11-3-22-62(75)63-23-4-12-31-76(63)90/h1-50H. The number of nitrogens with zero attached hydrogens (tertiary/aromatic N) is 8. The molecule has 0 aliphatic heterocycles. The Morgan fingerprint density at radius 3 is 0.745 bits per heavy atom. The summed E-state index contributed by atoms with van der Waals surface area (Å²) in [5.41, 5.74) is 21.3. The lowest BCUT2D eigenvalue weighted by molar-refractivity contribution is 1.09. The summed E-state index contributed by atoms with van der Waals surface area (Å²) in [5.74, 6) is 0. The van der Waals surface area contributed by atoms with E-state index < -0.39 is 0 Å². The lowest BCUT2D eigenvalue weighted by Crippen LogP contribution is -2.06. The van der Waals surface area contributed by atoms with Gasteiger partial charge in [-0.1, -0.05) is 158 Å². The molecule has 0 radical (unpaired) electrons. The molecule has 0 fully saturated rings. The average molecular weight is 1200 g/mol. The SMILES string of the molecule is N#Cc1cccc(-c2cc(-n3c4ccc(-n5c6ccccc6c6ccccc65)cc4c4cc(-n5c6ccccc6c6ccccc65)ccc43)c(-n3c4ccc(-n5c6ccccc6c6ccccc65)cc4c4cc(-n5c6ccccc6c6ccccc65)ccc43)cc2C#N)c1. The van der Waals surface area contributed by atoms with Crippen LogP contribution in [0.5, 0.6) is 0 Å². The Morgan fingerprint density at radius 2 is 0.468 bits per heavy atom. The summed E-state index contributed by atoms with van der Waals surface area (Å²) >= 11 is 0. The molecule has 20 rings (SSSR count). The van der Waals surface area contributed by atoms with E-state index in [4.69, 9.17) is 0 Å². The maximum Gasteiger partial charge on any atom is 0.0998 e. The van der Waals surface area contributed by atoms with Crippen molar-refractivity contribution in [2.24, 2.45) is 0 Å². The van der Waals surface area contributed by atoms with E-state index in [1.165, 1.54) is 43.1 Å². The van der Waals surface area contributed by atoms with Crippen LogP contribution in [0.3, 0.4) is 0 Å². The normalized spacial score (nSPS) is 12.0. The van der Waals surface area contributed by atoms with Crippen molar-refractivity contribution in [3.63, 3.8) is 0 Å². The fraction of sp³-hybridized carbons (Fsp3) is 0. The second kappa shape index (κ2) is 19.7. The van der Waals surface area contributed by atoms with Gasteiger partial charge >= 0.3 is 0 Å². The van der Waals surface area contributed by atoms with Crippen LogP contribution >= 0.6 is 0 Å². The highest BCUT2D eigenvalue weighted by Gasteiger charge is 2.26. The molecule has 8 heteroatoms. The summed E-state index contributed by atoms with van der Waals surface area (Å²) in [6.45, 7) is 0. The monoisotopic (exact) mass is 1190 g/mol. The van der Waals surface area contributed by atoms with Crippen LogP contribution in [-0.4, -0.2) is 27.4 Å². The number of aromatic nitrogens is 6. The van der Waals surface area contributed by atoms with E-state index in [9.17, 15) is 10.5 Å². The van der Waals surface area contributed by atoms with E-state index in [2.05, 4.69) is 319 Å². The predicted octanol–water partition coefficient (Wildman–Crippen LogP) is 21.7. The smallest absolute Gasteiger partial charge is 0.0998 e. The first-order valence-corrected chi connectivity index (χ1v) is 31.8. The first kappa shape index (κ1) is 51.7. The summed E-state index contributed by atoms with van der Waals surface area (Å²) in [4.78, 5) is 0. The Labute approximate surface area is 537 Å². The molecule has 6 aromatic heterocycles. The fourth-order valence-electron chi connectivity index (χ4n) is 15.9. The minimum atomic E-state index is 0.482. The van der Waals surface area contributed by atoms with Gasteiger partial charge in [0.05, 0.1) is 101 Å². The van der Waals surface area contributed by atoms with E-state index >= 15 is 0 Å². The van der Waals surface area contributed by atoms with Gasteiger partial charge in [-0.3, -0.25) is 0 Å². The highest BCUT2D eigenvalue weighted by atomic mass is 15.1. The Bertz CT molecular complexity index is 6220. The third-order valence-corrected chi connectivity index (χ3v) is 19.8. The molecule has 94 heavy (non-hydrogen) atoms. The van der Waals surface area contributed by atoms with E-state index in [1.54, 1.807) is 0 Å². The molecule has 6 heterocycles. The number of nitriles is 2. The van der Waals surface area contributed by atoms with E-state index in [1.807, 2.05) is 24.3 Å². The molecule has 0 saturated heterocycles. The lowest BCUT2D eigenvalue weighted by atomic mass is 9.97. The van der Waals surface area contributed by atoms with Crippen molar-refractivity contribution in [2.75, 3.05) is 0 Å². The van der Waals surface area contributed by atoms with Crippen LogP contribution in [0.25, 0.3) is 176 Å². The van der Waals surface area contributed by atoms with E-state index in [-0.39, 0.29) is 0 Å². The number of hydrogen-bond donors (Lipinski definition) is 0. The zero-order chi connectivity index (χ0) is 61.9. The molecule has 0 saturated carbocycles. The highest BCUT2D eigenvalue weighted by molar-refractivity contribution is 6.17. The van der Waals surface area contributed by atoms with Crippen molar-refractivity contribution in [1.82, 2.24) is 27.4 Å². The minimum absolute atomic E-state index is 0.482. The number of para-hydroxylation sites is 8. The van der Waals surface area contributed by atoms with Crippen molar-refractivity contribution < 1.29 is 0 Å². The Morgan fingerprint density at radius 1 is 0.202 bits per heavy atom. The summed E-state index contributed by atoms with van der Waals surface area (Å²) in [6, 6.07) is 114. The molecule has 0 aliphatic carbocycles. The van der Waals surface area contributed by atoms with Crippen LogP contribution in [0.15, 0.2) is 303 Å². The third kappa shape index (κ3) is 7.25. The van der Waals surface area contributed by atoms with Gasteiger partial charge in [0.2, 0.25) is 0 Å². The van der Waals surface area contributed by atoms with Crippen molar-refractivity contribution in [1.29, 1.82) is 10.5 Å². The third-order valence-electron chi connectivity index (χ3n) is 19.8. The molecule has 0 aliphatic rings. The minimum Gasteiger partial charge on any atom is -0.309 e. The highest BCUT2D eigenvalue weighted by Crippen LogP contribution is 2.46. The zero-order valence-corrected chi connectivity index (χ0v) is 50.4. The van der Waals surface area contributed by atoms with Crippen LogP contribution in [0, 0.1) is 22.7 Å². The number of fused-ring (bicyclic) bond motifs is 18. The van der Waals surface area contributed by atoms with E-state index in [0.717, 1.165) is 133 Å². The lowest BCUT2D eigenvalue weighted by Gasteiger charge is -2.20. The van der Waals surface area contributed by atoms with Crippen LogP contribution < -0.4 is 0 Å². The summed E-state index contributed by atoms with van der Waals surface area (Å²) in [5, 5.41) is 35.8.